The van der Waals surface area contributed by atoms with Crippen molar-refractivity contribution in [3.8, 4) is 0 Å². The molecule has 5 heteroatoms. The van der Waals surface area contributed by atoms with Gasteiger partial charge in [-0.1, -0.05) is 19.3 Å². The van der Waals surface area contributed by atoms with Crippen LogP contribution in [-0.4, -0.2) is 48.1 Å². The van der Waals surface area contributed by atoms with E-state index in [0.717, 1.165) is 19.3 Å². The first-order valence-electron chi connectivity index (χ1n) is 8.80. The van der Waals surface area contributed by atoms with Gasteiger partial charge < -0.3 is 15.0 Å². The maximum absolute atomic E-state index is 12.4. The highest BCUT2D eigenvalue weighted by molar-refractivity contribution is 5.91. The van der Waals surface area contributed by atoms with Crippen LogP contribution < -0.4 is 5.32 Å². The Morgan fingerprint density at radius 2 is 2.00 bits per heavy atom. The van der Waals surface area contributed by atoms with Gasteiger partial charge in [-0.15, -0.1) is 0 Å². The topological polar surface area (TPSA) is 58.6 Å². The minimum absolute atomic E-state index is 0.0148. The first-order chi connectivity index (χ1) is 10.6. The summed E-state index contributed by atoms with van der Waals surface area (Å²) in [5, 5.41) is 2.98. The lowest BCUT2D eigenvalue weighted by molar-refractivity contribution is -0.138. The number of amides is 2. The van der Waals surface area contributed by atoms with E-state index in [4.69, 9.17) is 4.74 Å². The molecular weight excluding hydrogens is 280 g/mol. The quantitative estimate of drug-likeness (QED) is 0.734. The predicted octanol–water partition coefficient (Wildman–Crippen LogP) is 2.24. The van der Waals surface area contributed by atoms with Crippen molar-refractivity contribution in [2.24, 2.45) is 0 Å². The van der Waals surface area contributed by atoms with E-state index < -0.39 is 0 Å². The van der Waals surface area contributed by atoms with Gasteiger partial charge in [-0.2, -0.15) is 0 Å². The van der Waals surface area contributed by atoms with Gasteiger partial charge in [0.2, 0.25) is 11.8 Å². The number of hydrogen-bond acceptors (Lipinski definition) is 3. The normalized spacial score (nSPS) is 23.3. The van der Waals surface area contributed by atoms with Crippen LogP contribution in [0.1, 0.15) is 65.2 Å². The number of nitrogens with one attached hydrogen (secondary N) is 1. The Labute approximate surface area is 133 Å². The van der Waals surface area contributed by atoms with Crippen molar-refractivity contribution < 1.29 is 14.3 Å². The summed E-state index contributed by atoms with van der Waals surface area (Å²) in [6.45, 7) is 5.29. The maximum Gasteiger partial charge on any atom is 0.242 e. The summed E-state index contributed by atoms with van der Waals surface area (Å²) >= 11 is 0. The molecule has 2 fully saturated rings. The van der Waals surface area contributed by atoms with E-state index in [1.165, 1.54) is 19.3 Å². The summed E-state index contributed by atoms with van der Waals surface area (Å²) in [5.41, 5.74) is 0. The molecule has 1 unspecified atom stereocenters. The van der Waals surface area contributed by atoms with Gasteiger partial charge in [0.05, 0.1) is 6.10 Å². The molecule has 1 aliphatic heterocycles. The van der Waals surface area contributed by atoms with E-state index >= 15 is 0 Å². The molecular formula is C17H30N2O3. The van der Waals surface area contributed by atoms with Crippen LogP contribution in [0.15, 0.2) is 0 Å². The van der Waals surface area contributed by atoms with Gasteiger partial charge in [-0.3, -0.25) is 9.59 Å². The summed E-state index contributed by atoms with van der Waals surface area (Å²) in [6, 6.07) is 0.0328. The lowest BCUT2D eigenvalue weighted by atomic mass is 9.93. The molecule has 22 heavy (non-hydrogen) atoms. The summed E-state index contributed by atoms with van der Waals surface area (Å²) in [7, 11) is 0. The molecule has 0 bridgehead atoms. The number of ether oxygens (including phenoxy) is 1. The molecule has 1 heterocycles. The number of rotatable bonds is 7. The third-order valence-electron chi connectivity index (χ3n) is 4.60. The van der Waals surface area contributed by atoms with E-state index in [-0.39, 0.29) is 30.0 Å². The van der Waals surface area contributed by atoms with Crippen LogP contribution >= 0.6 is 0 Å². The Hall–Kier alpha value is -1.10. The Kier molecular flexibility index (Phi) is 6.68. The van der Waals surface area contributed by atoms with E-state index in [1.807, 2.05) is 18.7 Å². The number of nitrogens with zero attached hydrogens (tertiary/aromatic N) is 1. The van der Waals surface area contributed by atoms with Gasteiger partial charge in [-0.25, -0.2) is 0 Å². The summed E-state index contributed by atoms with van der Waals surface area (Å²) in [6.07, 6.45) is 7.94. The fourth-order valence-corrected chi connectivity index (χ4v) is 3.50. The van der Waals surface area contributed by atoms with Crippen molar-refractivity contribution in [1.82, 2.24) is 10.2 Å². The molecule has 1 atom stereocenters. The first kappa shape index (κ1) is 17.3. The number of hydrogen-bond donors (Lipinski definition) is 1. The van der Waals surface area contributed by atoms with E-state index in [0.29, 0.717) is 26.0 Å². The highest BCUT2D eigenvalue weighted by Gasteiger charge is 2.40. The highest BCUT2D eigenvalue weighted by atomic mass is 16.5. The molecule has 1 saturated heterocycles. The minimum Gasteiger partial charge on any atom is -0.379 e. The SMILES string of the molecule is CC(C)OCCCNC(=O)C1CCC(=O)N1C1CCCCC1. The highest BCUT2D eigenvalue weighted by Crippen LogP contribution is 2.30. The third-order valence-corrected chi connectivity index (χ3v) is 4.60. The zero-order chi connectivity index (χ0) is 15.9. The van der Waals surface area contributed by atoms with Gasteiger partial charge in [0.1, 0.15) is 6.04 Å². The summed E-state index contributed by atoms with van der Waals surface area (Å²) in [4.78, 5) is 26.4. The number of carbonyl (C=O) groups excluding carboxylic acids is 2. The molecule has 5 nitrogen and oxygen atoms in total. The first-order valence-corrected chi connectivity index (χ1v) is 8.80. The van der Waals surface area contributed by atoms with Crippen LogP contribution in [0.2, 0.25) is 0 Å². The molecule has 2 aliphatic rings. The van der Waals surface area contributed by atoms with Crippen molar-refractivity contribution in [1.29, 1.82) is 0 Å². The number of carbonyl (C=O) groups is 2. The van der Waals surface area contributed by atoms with E-state index in [9.17, 15) is 9.59 Å². The van der Waals surface area contributed by atoms with Gasteiger partial charge in [0.25, 0.3) is 0 Å². The smallest absolute Gasteiger partial charge is 0.242 e. The zero-order valence-corrected chi connectivity index (χ0v) is 14.0. The Bertz CT molecular complexity index is 378. The second-order valence-corrected chi connectivity index (χ2v) is 6.71. The van der Waals surface area contributed by atoms with Crippen LogP contribution in [0.4, 0.5) is 0 Å². The third kappa shape index (κ3) is 4.70. The van der Waals surface area contributed by atoms with Crippen LogP contribution in [-0.2, 0) is 14.3 Å². The monoisotopic (exact) mass is 310 g/mol. The largest absolute Gasteiger partial charge is 0.379 e. The zero-order valence-electron chi connectivity index (χ0n) is 14.0. The van der Waals surface area contributed by atoms with Crippen molar-refractivity contribution in [3.63, 3.8) is 0 Å². The van der Waals surface area contributed by atoms with Crippen LogP contribution in [0.25, 0.3) is 0 Å². The van der Waals surface area contributed by atoms with Crippen LogP contribution in [0, 0.1) is 0 Å². The predicted molar refractivity (Wildman–Crippen MR) is 85.5 cm³/mol. The van der Waals surface area contributed by atoms with Crippen molar-refractivity contribution >= 4 is 11.8 Å². The average Bonchev–Trinajstić information content (AvgIpc) is 2.89. The molecule has 1 saturated carbocycles. The Morgan fingerprint density at radius 1 is 1.27 bits per heavy atom. The molecule has 126 valence electrons. The summed E-state index contributed by atoms with van der Waals surface area (Å²) in [5.74, 6) is 0.177. The van der Waals surface area contributed by atoms with Gasteiger partial charge >= 0.3 is 0 Å². The van der Waals surface area contributed by atoms with Gasteiger partial charge in [0, 0.05) is 25.6 Å². The molecule has 2 rings (SSSR count). The maximum atomic E-state index is 12.4. The molecule has 0 radical (unpaired) electrons. The van der Waals surface area contributed by atoms with E-state index in [1.54, 1.807) is 0 Å². The Balaban J connectivity index is 1.78. The number of likely N-dealkylation sites (tertiary alicyclic amines) is 1. The Morgan fingerprint density at radius 3 is 2.68 bits per heavy atom. The molecule has 1 aliphatic carbocycles. The fourth-order valence-electron chi connectivity index (χ4n) is 3.50. The molecule has 0 spiro atoms. The fraction of sp³-hybridized carbons (Fsp3) is 0.882. The van der Waals surface area contributed by atoms with Crippen molar-refractivity contribution in [3.05, 3.63) is 0 Å². The molecule has 2 amide bonds. The van der Waals surface area contributed by atoms with E-state index in [2.05, 4.69) is 5.32 Å². The minimum atomic E-state index is -0.249. The van der Waals surface area contributed by atoms with Crippen molar-refractivity contribution in [2.75, 3.05) is 13.2 Å². The van der Waals surface area contributed by atoms with Crippen molar-refractivity contribution in [2.45, 2.75) is 83.4 Å². The van der Waals surface area contributed by atoms with Gasteiger partial charge in [0.15, 0.2) is 0 Å². The average molecular weight is 310 g/mol. The van der Waals surface area contributed by atoms with Crippen LogP contribution in [0.3, 0.4) is 0 Å². The standard InChI is InChI=1S/C17H30N2O3/c1-13(2)22-12-6-11-18-17(21)15-9-10-16(20)19(15)14-7-4-3-5-8-14/h13-15H,3-12H2,1-2H3,(H,18,21). The van der Waals surface area contributed by atoms with Crippen LogP contribution in [0.5, 0.6) is 0 Å². The lowest BCUT2D eigenvalue weighted by Gasteiger charge is -2.35. The molecule has 0 aromatic carbocycles. The second-order valence-electron chi connectivity index (χ2n) is 6.71. The molecule has 1 N–H and O–H groups in total. The van der Waals surface area contributed by atoms with Gasteiger partial charge in [-0.05, 0) is 39.5 Å². The lowest BCUT2D eigenvalue weighted by Crippen LogP contribution is -2.50. The molecule has 0 aromatic heterocycles. The molecule has 0 aromatic rings. The summed E-state index contributed by atoms with van der Waals surface area (Å²) < 4.78 is 5.47. The second kappa shape index (κ2) is 8.51.